The van der Waals surface area contributed by atoms with Gasteiger partial charge in [0.15, 0.2) is 0 Å². The van der Waals surface area contributed by atoms with Crippen LogP contribution in [0.2, 0.25) is 0 Å². The highest BCUT2D eigenvalue weighted by atomic mass is 16.1. The number of hydrogen-bond donors (Lipinski definition) is 2. The zero-order chi connectivity index (χ0) is 13.7. The van der Waals surface area contributed by atoms with Gasteiger partial charge in [0.25, 0.3) is 0 Å². The normalized spacial score (nSPS) is 23.1. The lowest BCUT2D eigenvalue weighted by molar-refractivity contribution is -0.120. The highest BCUT2D eigenvalue weighted by Gasteiger charge is 2.18. The quantitative estimate of drug-likeness (QED) is 0.871. The second-order valence-corrected chi connectivity index (χ2v) is 5.69. The molecule has 19 heavy (non-hydrogen) atoms. The van der Waals surface area contributed by atoms with Crippen LogP contribution in [-0.4, -0.2) is 18.5 Å². The lowest BCUT2D eigenvalue weighted by Crippen LogP contribution is -2.34. The highest BCUT2D eigenvalue weighted by molar-refractivity contribution is 5.78. The molecule has 3 nitrogen and oxygen atoms in total. The lowest BCUT2D eigenvalue weighted by atomic mass is 9.86. The third kappa shape index (κ3) is 4.35. The molecule has 1 fully saturated rings. The Kier molecular flexibility index (Phi) is 4.97. The fraction of sp³-hybridized carbons (Fsp3) is 0.562. The standard InChI is InChI=1S/C16H24N2O/c1-12-4-2-3-5-14(12)10-16(19)18-11-13-6-8-15(17)9-7-13/h2-5,13,15H,6-11,17H2,1H3,(H,18,19). The average molecular weight is 260 g/mol. The minimum atomic E-state index is 0.129. The van der Waals surface area contributed by atoms with Crippen molar-refractivity contribution >= 4 is 5.91 Å². The number of carbonyl (C=O) groups excluding carboxylic acids is 1. The maximum Gasteiger partial charge on any atom is 0.224 e. The van der Waals surface area contributed by atoms with Crippen LogP contribution in [0.25, 0.3) is 0 Å². The van der Waals surface area contributed by atoms with Crippen molar-refractivity contribution in [1.82, 2.24) is 5.32 Å². The second-order valence-electron chi connectivity index (χ2n) is 5.69. The van der Waals surface area contributed by atoms with E-state index in [1.807, 2.05) is 31.2 Å². The minimum Gasteiger partial charge on any atom is -0.356 e. The Labute approximate surface area is 115 Å². The summed E-state index contributed by atoms with van der Waals surface area (Å²) in [4.78, 5) is 11.9. The Bertz CT molecular complexity index is 423. The molecule has 0 saturated heterocycles. The van der Waals surface area contributed by atoms with E-state index in [-0.39, 0.29) is 5.91 Å². The molecule has 1 saturated carbocycles. The van der Waals surface area contributed by atoms with Crippen LogP contribution in [-0.2, 0) is 11.2 Å². The molecule has 1 aromatic rings. The minimum absolute atomic E-state index is 0.129. The summed E-state index contributed by atoms with van der Waals surface area (Å²) in [5.41, 5.74) is 8.18. The smallest absolute Gasteiger partial charge is 0.224 e. The van der Waals surface area contributed by atoms with Crippen LogP contribution in [0.3, 0.4) is 0 Å². The number of carbonyl (C=O) groups is 1. The molecular weight excluding hydrogens is 236 g/mol. The summed E-state index contributed by atoms with van der Waals surface area (Å²) in [5, 5.41) is 3.06. The first-order chi connectivity index (χ1) is 9.15. The van der Waals surface area contributed by atoms with E-state index >= 15 is 0 Å². The first-order valence-electron chi connectivity index (χ1n) is 7.22. The second kappa shape index (κ2) is 6.71. The molecule has 0 radical (unpaired) electrons. The predicted molar refractivity (Wildman–Crippen MR) is 77.8 cm³/mol. The summed E-state index contributed by atoms with van der Waals surface area (Å²) in [7, 11) is 0. The van der Waals surface area contributed by atoms with Gasteiger partial charge < -0.3 is 11.1 Å². The van der Waals surface area contributed by atoms with Gasteiger partial charge in [-0.3, -0.25) is 4.79 Å². The number of nitrogens with one attached hydrogen (secondary N) is 1. The van der Waals surface area contributed by atoms with Crippen LogP contribution in [0.4, 0.5) is 0 Å². The van der Waals surface area contributed by atoms with E-state index in [0.29, 0.717) is 18.4 Å². The van der Waals surface area contributed by atoms with Gasteiger partial charge >= 0.3 is 0 Å². The molecule has 2 rings (SSSR count). The Morgan fingerprint density at radius 2 is 1.95 bits per heavy atom. The molecule has 1 amide bonds. The first-order valence-corrected chi connectivity index (χ1v) is 7.22. The molecule has 0 aromatic heterocycles. The Balaban J connectivity index is 1.74. The van der Waals surface area contributed by atoms with E-state index in [4.69, 9.17) is 5.73 Å². The Hall–Kier alpha value is -1.35. The van der Waals surface area contributed by atoms with Gasteiger partial charge in [0.05, 0.1) is 6.42 Å². The van der Waals surface area contributed by atoms with E-state index in [2.05, 4.69) is 5.32 Å². The molecule has 0 atom stereocenters. The largest absolute Gasteiger partial charge is 0.356 e. The highest BCUT2D eigenvalue weighted by Crippen LogP contribution is 2.22. The fourth-order valence-electron chi connectivity index (χ4n) is 2.69. The third-order valence-corrected chi connectivity index (χ3v) is 4.09. The molecule has 1 aliphatic rings. The van der Waals surface area contributed by atoms with Gasteiger partial charge in [0.1, 0.15) is 0 Å². The van der Waals surface area contributed by atoms with E-state index in [1.54, 1.807) is 0 Å². The van der Waals surface area contributed by atoms with Gasteiger partial charge in [-0.15, -0.1) is 0 Å². The SMILES string of the molecule is Cc1ccccc1CC(=O)NCC1CCC(N)CC1. The van der Waals surface area contributed by atoms with Crippen LogP contribution in [0.5, 0.6) is 0 Å². The first kappa shape index (κ1) is 14.1. The van der Waals surface area contributed by atoms with Crippen molar-refractivity contribution < 1.29 is 4.79 Å². The number of amides is 1. The van der Waals surface area contributed by atoms with Gasteiger partial charge in [-0.2, -0.15) is 0 Å². The van der Waals surface area contributed by atoms with E-state index < -0.39 is 0 Å². The van der Waals surface area contributed by atoms with E-state index in [0.717, 1.165) is 37.8 Å². The van der Waals surface area contributed by atoms with Crippen molar-refractivity contribution in [2.75, 3.05) is 6.54 Å². The fourth-order valence-corrected chi connectivity index (χ4v) is 2.69. The predicted octanol–water partition coefficient (Wildman–Crippen LogP) is 2.17. The number of hydrogen-bond acceptors (Lipinski definition) is 2. The molecule has 0 spiro atoms. The number of rotatable bonds is 4. The topological polar surface area (TPSA) is 55.1 Å². The summed E-state index contributed by atoms with van der Waals surface area (Å²) in [6.07, 6.45) is 4.97. The van der Waals surface area contributed by atoms with Crippen molar-refractivity contribution in [2.45, 2.75) is 45.1 Å². The van der Waals surface area contributed by atoms with E-state index in [9.17, 15) is 4.79 Å². The summed E-state index contributed by atoms with van der Waals surface area (Å²) < 4.78 is 0. The van der Waals surface area contributed by atoms with Crippen molar-refractivity contribution in [2.24, 2.45) is 11.7 Å². The molecule has 1 aliphatic carbocycles. The van der Waals surface area contributed by atoms with Crippen LogP contribution in [0.15, 0.2) is 24.3 Å². The van der Waals surface area contributed by atoms with Crippen LogP contribution < -0.4 is 11.1 Å². The van der Waals surface area contributed by atoms with Gasteiger partial charge in [-0.25, -0.2) is 0 Å². The Morgan fingerprint density at radius 1 is 1.26 bits per heavy atom. The molecule has 0 bridgehead atoms. The van der Waals surface area contributed by atoms with Gasteiger partial charge in [-0.05, 0) is 49.7 Å². The molecule has 3 heteroatoms. The third-order valence-electron chi connectivity index (χ3n) is 4.09. The maximum absolute atomic E-state index is 11.9. The average Bonchev–Trinajstić information content (AvgIpc) is 2.41. The number of nitrogens with two attached hydrogens (primary N) is 1. The zero-order valence-electron chi connectivity index (χ0n) is 11.7. The molecule has 0 aliphatic heterocycles. The van der Waals surface area contributed by atoms with Crippen molar-refractivity contribution in [3.63, 3.8) is 0 Å². The maximum atomic E-state index is 11.9. The van der Waals surface area contributed by atoms with Gasteiger partial charge in [0, 0.05) is 12.6 Å². The van der Waals surface area contributed by atoms with Gasteiger partial charge in [-0.1, -0.05) is 24.3 Å². The lowest BCUT2D eigenvalue weighted by Gasteiger charge is -2.26. The molecular formula is C16H24N2O. The zero-order valence-corrected chi connectivity index (χ0v) is 11.7. The van der Waals surface area contributed by atoms with Crippen molar-refractivity contribution in [3.8, 4) is 0 Å². The monoisotopic (exact) mass is 260 g/mol. The van der Waals surface area contributed by atoms with Crippen LogP contribution >= 0.6 is 0 Å². The van der Waals surface area contributed by atoms with Crippen molar-refractivity contribution in [1.29, 1.82) is 0 Å². The summed E-state index contributed by atoms with van der Waals surface area (Å²) in [5.74, 6) is 0.741. The number of benzene rings is 1. The Morgan fingerprint density at radius 3 is 2.63 bits per heavy atom. The van der Waals surface area contributed by atoms with Crippen LogP contribution in [0, 0.1) is 12.8 Å². The van der Waals surface area contributed by atoms with Gasteiger partial charge in [0.2, 0.25) is 5.91 Å². The molecule has 0 unspecified atom stereocenters. The summed E-state index contributed by atoms with van der Waals surface area (Å²) in [6.45, 7) is 2.85. The summed E-state index contributed by atoms with van der Waals surface area (Å²) >= 11 is 0. The molecule has 1 aromatic carbocycles. The number of aryl methyl sites for hydroxylation is 1. The molecule has 3 N–H and O–H groups in total. The summed E-state index contributed by atoms with van der Waals surface area (Å²) in [6, 6.07) is 8.43. The van der Waals surface area contributed by atoms with Crippen molar-refractivity contribution in [3.05, 3.63) is 35.4 Å². The molecule has 104 valence electrons. The van der Waals surface area contributed by atoms with E-state index in [1.165, 1.54) is 5.56 Å². The van der Waals surface area contributed by atoms with Crippen LogP contribution in [0.1, 0.15) is 36.8 Å². The molecule has 0 heterocycles.